The molecule has 1 aliphatic heterocycles. The van der Waals surface area contributed by atoms with Gasteiger partial charge in [-0.1, -0.05) is 55.6 Å². The highest BCUT2D eigenvalue weighted by molar-refractivity contribution is 9.10. The molecule has 1 aliphatic rings. The highest BCUT2D eigenvalue weighted by Gasteiger charge is 2.28. The van der Waals surface area contributed by atoms with Gasteiger partial charge in [0.15, 0.2) is 5.70 Å². The van der Waals surface area contributed by atoms with E-state index in [4.69, 9.17) is 21.1 Å². The zero-order valence-corrected chi connectivity index (χ0v) is 22.7. The van der Waals surface area contributed by atoms with E-state index in [9.17, 15) is 9.59 Å². The van der Waals surface area contributed by atoms with Gasteiger partial charge in [-0.3, -0.25) is 0 Å². The van der Waals surface area contributed by atoms with Crippen molar-refractivity contribution in [3.8, 4) is 5.75 Å². The number of aryl methyl sites for hydroxylation is 1. The molecule has 0 saturated heterocycles. The first-order valence-electron chi connectivity index (χ1n) is 10.3. The number of thiophene rings is 1. The Labute approximate surface area is 226 Å². The fourth-order valence-corrected chi connectivity index (χ4v) is 5.61. The SMILES string of the molecule is Cc1ccc2c(Cl)c(C3=N/C(=C/c4cc(Br)ccc4OC(=O)c4ccc(Br)cc4)C(=O)O3)sc2c1. The molecule has 0 unspecified atom stereocenters. The van der Waals surface area contributed by atoms with Crippen molar-refractivity contribution >= 4 is 88.8 Å². The van der Waals surface area contributed by atoms with Gasteiger partial charge in [0.25, 0.3) is 0 Å². The van der Waals surface area contributed by atoms with Crippen LogP contribution in [0.1, 0.15) is 26.4 Å². The van der Waals surface area contributed by atoms with E-state index >= 15 is 0 Å². The van der Waals surface area contributed by atoms with Gasteiger partial charge in [-0.05, 0) is 67.1 Å². The zero-order valence-electron chi connectivity index (χ0n) is 18.0. The number of hydrogen-bond acceptors (Lipinski definition) is 6. The number of cyclic esters (lactones) is 1. The van der Waals surface area contributed by atoms with Crippen molar-refractivity contribution in [2.45, 2.75) is 6.92 Å². The summed E-state index contributed by atoms with van der Waals surface area (Å²) in [6.45, 7) is 2.00. The van der Waals surface area contributed by atoms with Crippen molar-refractivity contribution in [1.29, 1.82) is 0 Å². The number of carbonyl (C=O) groups excluding carboxylic acids is 2. The van der Waals surface area contributed by atoms with Gasteiger partial charge in [0.1, 0.15) is 10.6 Å². The molecule has 9 heteroatoms. The van der Waals surface area contributed by atoms with E-state index in [1.54, 1.807) is 42.5 Å². The first kappa shape index (κ1) is 23.9. The molecule has 0 bridgehead atoms. The lowest BCUT2D eigenvalue weighted by molar-refractivity contribution is -0.129. The Kier molecular flexibility index (Phi) is 6.63. The lowest BCUT2D eigenvalue weighted by atomic mass is 10.1. The average Bonchev–Trinajstić information content (AvgIpc) is 3.34. The minimum atomic E-state index is -0.616. The second-order valence-corrected chi connectivity index (χ2v) is 10.9. The lowest BCUT2D eigenvalue weighted by Gasteiger charge is -2.08. The van der Waals surface area contributed by atoms with Gasteiger partial charge >= 0.3 is 11.9 Å². The van der Waals surface area contributed by atoms with Crippen molar-refractivity contribution in [3.05, 3.63) is 102 Å². The molecule has 4 aromatic rings. The summed E-state index contributed by atoms with van der Waals surface area (Å²) >= 11 is 14.7. The van der Waals surface area contributed by atoms with E-state index in [1.165, 1.54) is 17.4 Å². The summed E-state index contributed by atoms with van der Waals surface area (Å²) < 4.78 is 13.6. The summed E-state index contributed by atoms with van der Waals surface area (Å²) in [6, 6.07) is 17.9. The van der Waals surface area contributed by atoms with Crippen LogP contribution in [-0.4, -0.2) is 17.8 Å². The third kappa shape index (κ3) is 4.97. The van der Waals surface area contributed by atoms with Gasteiger partial charge in [-0.2, -0.15) is 0 Å². The number of rotatable bonds is 4. The summed E-state index contributed by atoms with van der Waals surface area (Å²) in [5, 5.41) is 1.37. The van der Waals surface area contributed by atoms with Crippen LogP contribution in [0.3, 0.4) is 0 Å². The predicted octanol–water partition coefficient (Wildman–Crippen LogP) is 7.95. The van der Waals surface area contributed by atoms with Gasteiger partial charge in [0, 0.05) is 24.6 Å². The van der Waals surface area contributed by atoms with Crippen LogP contribution in [0.25, 0.3) is 16.2 Å². The number of hydrogen-bond donors (Lipinski definition) is 0. The maximum Gasteiger partial charge on any atom is 0.363 e. The van der Waals surface area contributed by atoms with Gasteiger partial charge in [-0.15, -0.1) is 11.3 Å². The van der Waals surface area contributed by atoms with Crippen LogP contribution in [0.2, 0.25) is 5.02 Å². The average molecular weight is 632 g/mol. The lowest BCUT2D eigenvalue weighted by Crippen LogP contribution is -2.09. The molecule has 0 spiro atoms. The molecule has 0 radical (unpaired) electrons. The third-order valence-corrected chi connectivity index (χ3v) is 7.81. The van der Waals surface area contributed by atoms with Gasteiger partial charge in [0.2, 0.25) is 5.90 Å². The number of nitrogens with zero attached hydrogens (tertiary/aromatic N) is 1. The van der Waals surface area contributed by atoms with Crippen LogP contribution in [0.5, 0.6) is 5.75 Å². The number of carbonyl (C=O) groups is 2. The van der Waals surface area contributed by atoms with E-state index < -0.39 is 11.9 Å². The van der Waals surface area contributed by atoms with Crippen LogP contribution < -0.4 is 4.74 Å². The zero-order chi connectivity index (χ0) is 24.7. The Bertz CT molecular complexity index is 1570. The maximum absolute atomic E-state index is 12.6. The number of aliphatic imine (C=N–C) groups is 1. The fraction of sp³-hybridized carbons (Fsp3) is 0.0385. The molecule has 35 heavy (non-hydrogen) atoms. The molecule has 0 atom stereocenters. The summed E-state index contributed by atoms with van der Waals surface area (Å²) in [7, 11) is 0. The Hall–Kier alpha value is -2.78. The second-order valence-electron chi connectivity index (χ2n) is 7.66. The molecule has 0 saturated carbocycles. The first-order chi connectivity index (χ1) is 16.8. The van der Waals surface area contributed by atoms with Crippen molar-refractivity contribution < 1.29 is 19.1 Å². The molecule has 0 aliphatic carbocycles. The quantitative estimate of drug-likeness (QED) is 0.130. The van der Waals surface area contributed by atoms with Crippen LogP contribution in [-0.2, 0) is 9.53 Å². The highest BCUT2D eigenvalue weighted by Crippen LogP contribution is 2.38. The monoisotopic (exact) mass is 629 g/mol. The largest absolute Gasteiger partial charge is 0.422 e. The maximum atomic E-state index is 12.6. The smallest absolute Gasteiger partial charge is 0.363 e. The highest BCUT2D eigenvalue weighted by atomic mass is 79.9. The molecule has 2 heterocycles. The van der Waals surface area contributed by atoms with Crippen LogP contribution in [0.4, 0.5) is 0 Å². The van der Waals surface area contributed by atoms with Crippen molar-refractivity contribution in [3.63, 3.8) is 0 Å². The Balaban J connectivity index is 1.49. The van der Waals surface area contributed by atoms with E-state index in [1.807, 2.05) is 25.1 Å². The molecule has 174 valence electrons. The van der Waals surface area contributed by atoms with E-state index in [2.05, 4.69) is 36.9 Å². The topological polar surface area (TPSA) is 65.0 Å². The molecular formula is C26H14Br2ClNO4S. The summed E-state index contributed by atoms with van der Waals surface area (Å²) in [6.07, 6.45) is 1.52. The number of ether oxygens (including phenoxy) is 2. The molecule has 1 aromatic heterocycles. The molecule has 0 amide bonds. The number of esters is 2. The number of benzene rings is 3. The minimum absolute atomic E-state index is 0.0729. The minimum Gasteiger partial charge on any atom is -0.422 e. The Morgan fingerprint density at radius 2 is 1.80 bits per heavy atom. The van der Waals surface area contributed by atoms with Crippen molar-refractivity contribution in [1.82, 2.24) is 0 Å². The molecule has 5 rings (SSSR count). The number of fused-ring (bicyclic) bond motifs is 1. The van der Waals surface area contributed by atoms with E-state index in [0.717, 1.165) is 24.6 Å². The number of halogens is 3. The van der Waals surface area contributed by atoms with Crippen molar-refractivity contribution in [2.24, 2.45) is 4.99 Å². The second kappa shape index (κ2) is 9.70. The normalized spacial score (nSPS) is 14.3. The van der Waals surface area contributed by atoms with E-state index in [0.29, 0.717) is 21.0 Å². The van der Waals surface area contributed by atoms with Crippen LogP contribution in [0, 0.1) is 6.92 Å². The molecule has 0 fully saturated rings. The van der Waals surface area contributed by atoms with Crippen LogP contribution in [0.15, 0.2) is 80.3 Å². The van der Waals surface area contributed by atoms with Crippen molar-refractivity contribution in [2.75, 3.05) is 0 Å². The Morgan fingerprint density at radius 1 is 1.06 bits per heavy atom. The molecule has 3 aromatic carbocycles. The fourth-order valence-electron chi connectivity index (χ4n) is 3.43. The van der Waals surface area contributed by atoms with Gasteiger partial charge in [0.05, 0.1) is 10.6 Å². The Morgan fingerprint density at radius 3 is 2.57 bits per heavy atom. The van der Waals surface area contributed by atoms with Gasteiger partial charge < -0.3 is 9.47 Å². The third-order valence-electron chi connectivity index (χ3n) is 5.15. The summed E-state index contributed by atoms with van der Waals surface area (Å²) in [5.74, 6) is -0.714. The first-order valence-corrected chi connectivity index (χ1v) is 13.1. The van der Waals surface area contributed by atoms with Crippen LogP contribution >= 0.6 is 54.8 Å². The summed E-state index contributed by atoms with van der Waals surface area (Å²) in [4.78, 5) is 30.3. The molecular weight excluding hydrogens is 618 g/mol. The summed E-state index contributed by atoms with van der Waals surface area (Å²) in [5.41, 5.74) is 2.06. The van der Waals surface area contributed by atoms with Gasteiger partial charge in [-0.25, -0.2) is 14.6 Å². The standard InChI is InChI=1S/C26H14Br2ClNO4S/c1-13-2-8-18-21(10-13)35-23(22(18)29)24-30-19(26(32)34-24)12-15-11-17(28)7-9-20(15)33-25(31)14-3-5-16(27)6-4-14/h2-12H,1H3/b19-12+. The predicted molar refractivity (Wildman–Crippen MR) is 145 cm³/mol. The molecule has 5 nitrogen and oxygen atoms in total. The van der Waals surface area contributed by atoms with E-state index in [-0.39, 0.29) is 17.3 Å². The molecule has 0 N–H and O–H groups in total.